The predicted molar refractivity (Wildman–Crippen MR) is 65.1 cm³/mol. The number of aromatic hydroxyl groups is 1. The van der Waals surface area contributed by atoms with Crippen molar-refractivity contribution in [2.75, 3.05) is 6.54 Å². The summed E-state index contributed by atoms with van der Waals surface area (Å²) in [4.78, 5) is 14.7. The van der Waals surface area contributed by atoms with Gasteiger partial charge in [-0.1, -0.05) is 0 Å². The van der Waals surface area contributed by atoms with E-state index in [1.54, 1.807) is 22.8 Å². The number of fused-ring (bicyclic) bond motifs is 1. The van der Waals surface area contributed by atoms with Crippen molar-refractivity contribution in [3.05, 3.63) is 28.7 Å². The summed E-state index contributed by atoms with van der Waals surface area (Å²) in [5.74, 6) is 0.169. The van der Waals surface area contributed by atoms with Gasteiger partial charge in [-0.2, -0.15) is 0 Å². The Morgan fingerprint density at radius 2 is 2.24 bits per heavy atom. The van der Waals surface area contributed by atoms with Crippen LogP contribution in [-0.4, -0.2) is 21.2 Å². The van der Waals surface area contributed by atoms with E-state index in [9.17, 15) is 9.90 Å². The van der Waals surface area contributed by atoms with Gasteiger partial charge >= 0.3 is 5.69 Å². The number of phenolic OH excluding ortho intramolecular Hbond substituents is 1. The molecule has 1 aliphatic heterocycles. The molecule has 0 spiro atoms. The van der Waals surface area contributed by atoms with Crippen LogP contribution in [0.1, 0.15) is 25.4 Å². The van der Waals surface area contributed by atoms with Crippen LogP contribution in [-0.2, 0) is 0 Å². The molecule has 17 heavy (non-hydrogen) atoms. The van der Waals surface area contributed by atoms with Crippen LogP contribution >= 0.6 is 0 Å². The molecule has 5 heteroatoms. The summed E-state index contributed by atoms with van der Waals surface area (Å²) in [5, 5.41) is 12.7. The molecule has 3 N–H and O–H groups in total. The van der Waals surface area contributed by atoms with E-state index in [1.165, 1.54) is 0 Å². The minimum atomic E-state index is -0.120. The van der Waals surface area contributed by atoms with E-state index in [2.05, 4.69) is 10.3 Å². The summed E-state index contributed by atoms with van der Waals surface area (Å²) >= 11 is 0. The summed E-state index contributed by atoms with van der Waals surface area (Å²) in [6.07, 6.45) is 3.33. The van der Waals surface area contributed by atoms with Crippen molar-refractivity contribution in [2.45, 2.75) is 25.4 Å². The van der Waals surface area contributed by atoms with Gasteiger partial charge in [-0.25, -0.2) is 4.79 Å². The topological polar surface area (TPSA) is 70.0 Å². The normalized spacial score (nSPS) is 20.8. The minimum Gasteiger partial charge on any atom is -0.508 e. The smallest absolute Gasteiger partial charge is 0.327 e. The van der Waals surface area contributed by atoms with Crippen LogP contribution in [0.25, 0.3) is 11.0 Å². The van der Waals surface area contributed by atoms with Gasteiger partial charge in [-0.05, 0) is 37.9 Å². The number of aromatic amines is 1. The van der Waals surface area contributed by atoms with Gasteiger partial charge in [-0.15, -0.1) is 0 Å². The second-order valence-electron chi connectivity index (χ2n) is 4.47. The number of hydrogen-bond donors (Lipinski definition) is 3. The van der Waals surface area contributed by atoms with Crippen molar-refractivity contribution in [1.29, 1.82) is 0 Å². The van der Waals surface area contributed by atoms with Gasteiger partial charge in [0.2, 0.25) is 0 Å². The molecule has 0 radical (unpaired) electrons. The van der Waals surface area contributed by atoms with Gasteiger partial charge in [0.15, 0.2) is 0 Å². The molecule has 5 nitrogen and oxygen atoms in total. The summed E-state index contributed by atoms with van der Waals surface area (Å²) < 4.78 is 1.74. The summed E-state index contributed by atoms with van der Waals surface area (Å²) in [5.41, 5.74) is 1.40. The van der Waals surface area contributed by atoms with Crippen molar-refractivity contribution in [3.8, 4) is 5.75 Å². The van der Waals surface area contributed by atoms with Crippen LogP contribution in [0.4, 0.5) is 0 Å². The molecule has 1 atom stereocenters. The molecule has 0 bridgehead atoms. The Kier molecular flexibility index (Phi) is 2.40. The first-order valence-electron chi connectivity index (χ1n) is 5.92. The lowest BCUT2D eigenvalue weighted by Gasteiger charge is -2.24. The number of nitrogens with zero attached hydrogens (tertiary/aromatic N) is 1. The Hall–Kier alpha value is -1.75. The van der Waals surface area contributed by atoms with Gasteiger partial charge in [-0.3, -0.25) is 9.88 Å². The van der Waals surface area contributed by atoms with Crippen molar-refractivity contribution in [2.24, 2.45) is 0 Å². The van der Waals surface area contributed by atoms with Crippen LogP contribution in [0.2, 0.25) is 0 Å². The zero-order valence-corrected chi connectivity index (χ0v) is 9.44. The molecule has 1 aromatic carbocycles. The molecule has 0 saturated carbocycles. The van der Waals surface area contributed by atoms with E-state index in [0.717, 1.165) is 31.3 Å². The molecule has 1 saturated heterocycles. The molecule has 0 aliphatic carbocycles. The number of phenols is 1. The van der Waals surface area contributed by atoms with Gasteiger partial charge in [0, 0.05) is 6.07 Å². The van der Waals surface area contributed by atoms with Crippen molar-refractivity contribution in [1.82, 2.24) is 14.9 Å². The quantitative estimate of drug-likeness (QED) is 0.695. The average molecular weight is 233 g/mol. The fourth-order valence-electron chi connectivity index (χ4n) is 2.48. The molecule has 0 amide bonds. The standard InChI is InChI=1S/C12H15N3O2/c16-8-4-5-10-9(7-8)14-12(17)15(10)11-3-1-2-6-13-11/h4-5,7,11,13,16H,1-3,6H2,(H,14,17). The van der Waals surface area contributed by atoms with Crippen molar-refractivity contribution >= 4 is 11.0 Å². The summed E-state index contributed by atoms with van der Waals surface area (Å²) in [7, 11) is 0. The van der Waals surface area contributed by atoms with Crippen LogP contribution in [0.3, 0.4) is 0 Å². The van der Waals surface area contributed by atoms with E-state index < -0.39 is 0 Å². The number of piperidine rings is 1. The molecule has 1 aliphatic rings. The fourth-order valence-corrected chi connectivity index (χ4v) is 2.48. The number of rotatable bonds is 1. The lowest BCUT2D eigenvalue weighted by atomic mass is 10.1. The third-order valence-corrected chi connectivity index (χ3v) is 3.30. The van der Waals surface area contributed by atoms with E-state index in [0.29, 0.717) is 5.52 Å². The Morgan fingerprint density at radius 1 is 1.35 bits per heavy atom. The summed E-state index contributed by atoms with van der Waals surface area (Å²) in [6.45, 7) is 0.946. The van der Waals surface area contributed by atoms with Crippen molar-refractivity contribution < 1.29 is 5.11 Å². The number of H-pyrrole nitrogens is 1. The second-order valence-corrected chi connectivity index (χ2v) is 4.47. The maximum Gasteiger partial charge on any atom is 0.327 e. The number of hydrogen-bond acceptors (Lipinski definition) is 3. The van der Waals surface area contributed by atoms with Crippen LogP contribution < -0.4 is 11.0 Å². The third-order valence-electron chi connectivity index (χ3n) is 3.30. The minimum absolute atomic E-state index is 0.0644. The zero-order valence-electron chi connectivity index (χ0n) is 9.44. The van der Waals surface area contributed by atoms with Crippen LogP contribution in [0, 0.1) is 0 Å². The first-order chi connectivity index (χ1) is 8.25. The van der Waals surface area contributed by atoms with Gasteiger partial charge in [0.25, 0.3) is 0 Å². The van der Waals surface area contributed by atoms with E-state index in [-0.39, 0.29) is 17.6 Å². The first-order valence-corrected chi connectivity index (χ1v) is 5.92. The molecule has 1 aromatic heterocycles. The Bertz CT molecular complexity index is 593. The number of benzene rings is 1. The summed E-state index contributed by atoms with van der Waals surface area (Å²) in [6, 6.07) is 4.96. The molecule has 1 unspecified atom stereocenters. The Morgan fingerprint density at radius 3 is 3.00 bits per heavy atom. The van der Waals surface area contributed by atoms with Gasteiger partial charge in [0.1, 0.15) is 5.75 Å². The molecule has 2 heterocycles. The number of nitrogens with one attached hydrogen (secondary N) is 2. The largest absolute Gasteiger partial charge is 0.508 e. The maximum atomic E-state index is 11.9. The number of aromatic nitrogens is 2. The monoisotopic (exact) mass is 233 g/mol. The number of imidazole rings is 1. The van der Waals surface area contributed by atoms with Gasteiger partial charge < -0.3 is 10.1 Å². The highest BCUT2D eigenvalue weighted by molar-refractivity contribution is 5.77. The fraction of sp³-hybridized carbons (Fsp3) is 0.417. The first kappa shape index (κ1) is 10.4. The molecule has 90 valence electrons. The second kappa shape index (κ2) is 3.92. The Balaban J connectivity index is 2.14. The van der Waals surface area contributed by atoms with Gasteiger partial charge in [0.05, 0.1) is 17.2 Å². The highest BCUT2D eigenvalue weighted by Gasteiger charge is 2.18. The average Bonchev–Trinajstić information content (AvgIpc) is 2.65. The SMILES string of the molecule is O=c1[nH]c2cc(O)ccc2n1C1CCCCN1. The van der Waals surface area contributed by atoms with E-state index >= 15 is 0 Å². The third kappa shape index (κ3) is 1.72. The highest BCUT2D eigenvalue weighted by atomic mass is 16.3. The predicted octanol–water partition coefficient (Wildman–Crippen LogP) is 1.31. The molecular weight excluding hydrogens is 218 g/mol. The highest BCUT2D eigenvalue weighted by Crippen LogP contribution is 2.22. The van der Waals surface area contributed by atoms with Crippen molar-refractivity contribution in [3.63, 3.8) is 0 Å². The molecule has 3 rings (SSSR count). The molecule has 1 fully saturated rings. The van der Waals surface area contributed by atoms with E-state index in [4.69, 9.17) is 0 Å². The van der Waals surface area contributed by atoms with E-state index in [1.807, 2.05) is 0 Å². The van der Waals surface area contributed by atoms with Crippen LogP contribution in [0.5, 0.6) is 5.75 Å². The van der Waals surface area contributed by atoms with Crippen LogP contribution in [0.15, 0.2) is 23.0 Å². The molecule has 2 aromatic rings. The lowest BCUT2D eigenvalue weighted by Crippen LogP contribution is -2.36. The zero-order chi connectivity index (χ0) is 11.8. The molecular formula is C12H15N3O2. The maximum absolute atomic E-state index is 11.9. The lowest BCUT2D eigenvalue weighted by molar-refractivity contribution is 0.321. The Labute approximate surface area is 98.1 Å².